The highest BCUT2D eigenvalue weighted by Gasteiger charge is 2.11. The van der Waals surface area contributed by atoms with E-state index in [9.17, 15) is 0 Å². The fourth-order valence-electron chi connectivity index (χ4n) is 1.18. The molecule has 0 radical (unpaired) electrons. The summed E-state index contributed by atoms with van der Waals surface area (Å²) >= 11 is 4.61. The molecule has 0 aliphatic heterocycles. The average Bonchev–Trinajstić information content (AvgIpc) is 2.71. The van der Waals surface area contributed by atoms with Crippen LogP contribution in [0.1, 0.15) is 31.3 Å². The molecule has 0 saturated carbocycles. The van der Waals surface area contributed by atoms with Gasteiger partial charge in [0.25, 0.3) is 5.19 Å². The van der Waals surface area contributed by atoms with Crippen molar-refractivity contribution in [1.29, 1.82) is 0 Å². The molecule has 0 amide bonds. The van der Waals surface area contributed by atoms with E-state index in [4.69, 9.17) is 4.74 Å². The zero-order chi connectivity index (χ0) is 12.4. The fourth-order valence-corrected chi connectivity index (χ4v) is 2.36. The van der Waals surface area contributed by atoms with Crippen LogP contribution in [0.3, 0.4) is 0 Å². The fraction of sp³-hybridized carbons (Fsp3) is 0.364. The summed E-state index contributed by atoms with van der Waals surface area (Å²) in [5.41, 5.74) is 0.935. The molecule has 0 fully saturated rings. The van der Waals surface area contributed by atoms with Crippen LogP contribution in [0.25, 0.3) is 0 Å². The molecule has 6 heteroatoms. The van der Waals surface area contributed by atoms with Gasteiger partial charge in [-0.25, -0.2) is 4.98 Å². The van der Waals surface area contributed by atoms with Gasteiger partial charge in [-0.3, -0.25) is 0 Å². The Hall–Kier alpha value is -1.01. The van der Waals surface area contributed by atoms with Crippen molar-refractivity contribution in [3.63, 3.8) is 0 Å². The summed E-state index contributed by atoms with van der Waals surface area (Å²) in [4.78, 5) is 8.56. The third kappa shape index (κ3) is 3.01. The highest BCUT2D eigenvalue weighted by Crippen LogP contribution is 2.30. The van der Waals surface area contributed by atoms with Crippen molar-refractivity contribution in [3.05, 3.63) is 28.3 Å². The Morgan fingerprint density at radius 1 is 1.29 bits per heavy atom. The third-order valence-corrected chi connectivity index (χ3v) is 3.27. The molecule has 0 aliphatic rings. The zero-order valence-electron chi connectivity index (χ0n) is 9.77. The van der Waals surface area contributed by atoms with E-state index < -0.39 is 0 Å². The minimum atomic E-state index is 0.309. The van der Waals surface area contributed by atoms with Gasteiger partial charge >= 0.3 is 0 Å². The van der Waals surface area contributed by atoms with E-state index in [2.05, 4.69) is 44.1 Å². The molecule has 0 atom stereocenters. The second kappa shape index (κ2) is 5.10. The third-order valence-electron chi connectivity index (χ3n) is 2.09. The lowest BCUT2D eigenvalue weighted by Gasteiger charge is -2.03. The predicted molar refractivity (Wildman–Crippen MR) is 70.7 cm³/mol. The first-order chi connectivity index (χ1) is 8.06. The molecular formula is C11H12BrN3OS. The Morgan fingerprint density at radius 3 is 2.65 bits per heavy atom. The largest absolute Gasteiger partial charge is 0.427 e. The molecule has 17 heavy (non-hydrogen) atoms. The lowest BCUT2D eigenvalue weighted by atomic mass is 10.2. The van der Waals surface area contributed by atoms with Gasteiger partial charge in [-0.05, 0) is 35.0 Å². The summed E-state index contributed by atoms with van der Waals surface area (Å²) in [6, 6.07) is 3.76. The molecule has 0 aromatic carbocycles. The number of hydrogen-bond acceptors (Lipinski definition) is 5. The van der Waals surface area contributed by atoms with Gasteiger partial charge in [-0.2, -0.15) is 9.36 Å². The van der Waals surface area contributed by atoms with Crippen LogP contribution in [0.5, 0.6) is 10.9 Å². The molecule has 2 aromatic heterocycles. The Morgan fingerprint density at radius 2 is 2.06 bits per heavy atom. The van der Waals surface area contributed by atoms with Crippen LogP contribution in [0.15, 0.2) is 16.7 Å². The summed E-state index contributed by atoms with van der Waals surface area (Å²) in [5.74, 6) is 1.77. The smallest absolute Gasteiger partial charge is 0.298 e. The lowest BCUT2D eigenvalue weighted by Crippen LogP contribution is -1.91. The topological polar surface area (TPSA) is 47.9 Å². The zero-order valence-corrected chi connectivity index (χ0v) is 12.2. The molecule has 0 aliphatic carbocycles. The van der Waals surface area contributed by atoms with Gasteiger partial charge in [0.1, 0.15) is 10.4 Å². The van der Waals surface area contributed by atoms with Gasteiger partial charge in [-0.15, -0.1) is 0 Å². The Balaban J connectivity index is 2.19. The molecule has 2 heterocycles. The number of hydrogen-bond donors (Lipinski definition) is 0. The Labute approximate surface area is 112 Å². The van der Waals surface area contributed by atoms with E-state index >= 15 is 0 Å². The molecule has 0 spiro atoms. The van der Waals surface area contributed by atoms with Crippen LogP contribution in [0, 0.1) is 6.92 Å². The number of aromatic nitrogens is 3. The van der Waals surface area contributed by atoms with Gasteiger partial charge in [0, 0.05) is 23.1 Å². The summed E-state index contributed by atoms with van der Waals surface area (Å²) < 4.78 is 10.5. The standard InChI is InChI=1S/C11H12BrN3OS/c1-6(2)10-14-11(17-15-10)16-8-5-4-7(3)13-9(8)12/h4-6H,1-3H3. The van der Waals surface area contributed by atoms with Crippen LogP contribution < -0.4 is 4.74 Å². The van der Waals surface area contributed by atoms with E-state index in [1.54, 1.807) is 0 Å². The van der Waals surface area contributed by atoms with Crippen molar-refractivity contribution < 1.29 is 4.74 Å². The van der Waals surface area contributed by atoms with Crippen LogP contribution in [0.4, 0.5) is 0 Å². The summed E-state index contributed by atoms with van der Waals surface area (Å²) in [6.07, 6.45) is 0. The highest BCUT2D eigenvalue weighted by atomic mass is 79.9. The van der Waals surface area contributed by atoms with Crippen molar-refractivity contribution in [3.8, 4) is 10.9 Å². The average molecular weight is 314 g/mol. The van der Waals surface area contributed by atoms with Gasteiger partial charge in [-0.1, -0.05) is 13.8 Å². The molecule has 0 unspecified atom stereocenters. The number of aryl methyl sites for hydroxylation is 1. The monoisotopic (exact) mass is 313 g/mol. The van der Waals surface area contributed by atoms with E-state index in [1.807, 2.05) is 19.1 Å². The van der Waals surface area contributed by atoms with E-state index in [0.29, 0.717) is 21.5 Å². The minimum Gasteiger partial charge on any atom is -0.427 e. The predicted octanol–water partition coefficient (Wildman–Crippen LogP) is 3.92. The van der Waals surface area contributed by atoms with E-state index in [-0.39, 0.29) is 0 Å². The summed E-state index contributed by atoms with van der Waals surface area (Å²) in [7, 11) is 0. The maximum atomic E-state index is 5.63. The van der Waals surface area contributed by atoms with Crippen LogP contribution in [0.2, 0.25) is 0 Å². The first kappa shape index (κ1) is 12.4. The molecule has 2 rings (SSSR count). The number of halogens is 1. The van der Waals surface area contributed by atoms with E-state index in [1.165, 1.54) is 11.5 Å². The molecule has 2 aromatic rings. The van der Waals surface area contributed by atoms with Crippen molar-refractivity contribution in [2.24, 2.45) is 0 Å². The van der Waals surface area contributed by atoms with Crippen LogP contribution >= 0.6 is 27.5 Å². The Bertz CT molecular complexity index is 527. The number of pyridine rings is 1. The maximum Gasteiger partial charge on any atom is 0.298 e. The first-order valence-electron chi connectivity index (χ1n) is 5.21. The van der Waals surface area contributed by atoms with Gasteiger partial charge < -0.3 is 4.74 Å². The number of nitrogens with zero attached hydrogens (tertiary/aromatic N) is 3. The molecule has 0 saturated heterocycles. The first-order valence-corrected chi connectivity index (χ1v) is 6.77. The minimum absolute atomic E-state index is 0.309. The molecule has 0 bridgehead atoms. The molecule has 90 valence electrons. The lowest BCUT2D eigenvalue weighted by molar-refractivity contribution is 0.470. The SMILES string of the molecule is Cc1ccc(Oc2nc(C(C)C)ns2)c(Br)n1. The summed E-state index contributed by atoms with van der Waals surface area (Å²) in [5, 5.41) is 0.542. The van der Waals surface area contributed by atoms with Crippen molar-refractivity contribution >= 4 is 27.5 Å². The van der Waals surface area contributed by atoms with Crippen LogP contribution in [-0.2, 0) is 0 Å². The molecule has 4 nitrogen and oxygen atoms in total. The normalized spacial score (nSPS) is 10.9. The van der Waals surface area contributed by atoms with Gasteiger partial charge in [0.05, 0.1) is 0 Å². The van der Waals surface area contributed by atoms with Gasteiger partial charge in [0.2, 0.25) is 0 Å². The number of rotatable bonds is 3. The van der Waals surface area contributed by atoms with E-state index in [0.717, 1.165) is 11.5 Å². The number of ether oxygens (including phenoxy) is 1. The maximum absolute atomic E-state index is 5.63. The van der Waals surface area contributed by atoms with Crippen molar-refractivity contribution in [2.45, 2.75) is 26.7 Å². The quantitative estimate of drug-likeness (QED) is 0.806. The van der Waals surface area contributed by atoms with Crippen LogP contribution in [-0.4, -0.2) is 14.3 Å². The Kier molecular flexibility index (Phi) is 3.73. The molecule has 0 N–H and O–H groups in total. The molecular weight excluding hydrogens is 302 g/mol. The van der Waals surface area contributed by atoms with Crippen molar-refractivity contribution in [2.75, 3.05) is 0 Å². The summed E-state index contributed by atoms with van der Waals surface area (Å²) in [6.45, 7) is 6.03. The second-order valence-corrected chi connectivity index (χ2v) is 5.38. The highest BCUT2D eigenvalue weighted by molar-refractivity contribution is 9.10. The second-order valence-electron chi connectivity index (χ2n) is 3.92. The van der Waals surface area contributed by atoms with Crippen molar-refractivity contribution in [1.82, 2.24) is 14.3 Å². The van der Waals surface area contributed by atoms with Gasteiger partial charge in [0.15, 0.2) is 5.75 Å².